The molecule has 14 heavy (non-hydrogen) atoms. The Morgan fingerprint density at radius 2 is 1.50 bits per heavy atom. The summed E-state index contributed by atoms with van der Waals surface area (Å²) in [5.74, 6) is 0. The molecule has 0 aliphatic carbocycles. The second-order valence-corrected chi connectivity index (χ2v) is 3.90. The molecule has 0 aromatic carbocycles. The fourth-order valence-electron chi connectivity index (χ4n) is 1.54. The van der Waals surface area contributed by atoms with Gasteiger partial charge in [0.15, 0.2) is 12.4 Å². The van der Waals surface area contributed by atoms with Gasteiger partial charge in [0.2, 0.25) is 0 Å². The third-order valence-electron chi connectivity index (χ3n) is 2.44. The van der Waals surface area contributed by atoms with Crippen LogP contribution in [0.3, 0.4) is 0 Å². The lowest BCUT2D eigenvalue weighted by Crippen LogP contribution is -2.25. The molecule has 2 nitrogen and oxygen atoms in total. The molecule has 78 valence electrons. The molecule has 2 rings (SSSR count). The van der Waals surface area contributed by atoms with Crippen LogP contribution in [0.2, 0.25) is 0 Å². The van der Waals surface area contributed by atoms with Crippen LogP contribution in [-0.2, 0) is 7.05 Å². The van der Waals surface area contributed by atoms with Gasteiger partial charge in [-0.15, -0.1) is 0 Å². The lowest BCUT2D eigenvalue weighted by molar-refractivity contribution is -0.671. The number of pyridine rings is 1. The first-order chi connectivity index (χ1) is 6.79. The van der Waals surface area contributed by atoms with Crippen LogP contribution in [0.5, 0.6) is 0 Å². The third kappa shape index (κ3) is 4.97. The molecule has 1 saturated heterocycles. The van der Waals surface area contributed by atoms with Crippen LogP contribution < -0.4 is 4.57 Å². The smallest absolute Gasteiger partial charge is 0.168 e. The number of rotatable bonds is 0. The highest BCUT2D eigenvalue weighted by atomic mass is 15.1. The standard InChI is InChI=1S/C6H13N.C6H8N/c2*1-7-5-3-2-4-6-7/h2-6H2,1H3;2-6H,1H3/q;+1. The molecule has 2 heterocycles. The highest BCUT2D eigenvalue weighted by Crippen LogP contribution is 2.04. The summed E-state index contributed by atoms with van der Waals surface area (Å²) in [5, 5.41) is 0. The lowest BCUT2D eigenvalue weighted by atomic mass is 10.1. The van der Waals surface area contributed by atoms with Gasteiger partial charge < -0.3 is 4.90 Å². The Kier molecular flexibility index (Phi) is 5.23. The van der Waals surface area contributed by atoms with Crippen LogP contribution >= 0.6 is 0 Å². The average Bonchev–Trinajstić information content (AvgIpc) is 2.21. The normalized spacial score (nSPS) is 17.0. The monoisotopic (exact) mass is 193 g/mol. The van der Waals surface area contributed by atoms with E-state index in [-0.39, 0.29) is 0 Å². The van der Waals surface area contributed by atoms with Crippen molar-refractivity contribution in [1.82, 2.24) is 4.90 Å². The molecule has 0 unspecified atom stereocenters. The van der Waals surface area contributed by atoms with Crippen molar-refractivity contribution >= 4 is 0 Å². The molecule has 1 fully saturated rings. The summed E-state index contributed by atoms with van der Waals surface area (Å²) in [7, 11) is 4.19. The number of likely N-dealkylation sites (tertiary alicyclic amines) is 1. The maximum atomic E-state index is 2.39. The van der Waals surface area contributed by atoms with Crippen molar-refractivity contribution in [3.8, 4) is 0 Å². The second kappa shape index (κ2) is 6.55. The summed E-state index contributed by atoms with van der Waals surface area (Å²) in [4.78, 5) is 2.39. The molecule has 0 amide bonds. The number of hydrogen-bond acceptors (Lipinski definition) is 1. The highest BCUT2D eigenvalue weighted by Gasteiger charge is 2.02. The highest BCUT2D eigenvalue weighted by molar-refractivity contribution is 4.83. The van der Waals surface area contributed by atoms with E-state index in [1.807, 2.05) is 42.2 Å². The number of nitrogens with zero attached hydrogens (tertiary/aromatic N) is 2. The number of aromatic nitrogens is 1. The predicted molar refractivity (Wildman–Crippen MR) is 59.0 cm³/mol. The van der Waals surface area contributed by atoms with Gasteiger partial charge in [-0.1, -0.05) is 12.5 Å². The molecule has 2 heteroatoms. The van der Waals surface area contributed by atoms with Crippen molar-refractivity contribution < 1.29 is 4.57 Å². The molecule has 1 aromatic heterocycles. The van der Waals surface area contributed by atoms with Crippen molar-refractivity contribution in [1.29, 1.82) is 0 Å². The zero-order valence-electron chi connectivity index (χ0n) is 9.32. The minimum Gasteiger partial charge on any atom is -0.306 e. The van der Waals surface area contributed by atoms with E-state index in [0.717, 1.165) is 0 Å². The van der Waals surface area contributed by atoms with Crippen LogP contribution in [0.25, 0.3) is 0 Å². The van der Waals surface area contributed by atoms with Crippen LogP contribution in [0.4, 0.5) is 0 Å². The number of piperidine rings is 1. The topological polar surface area (TPSA) is 7.12 Å². The van der Waals surface area contributed by atoms with Gasteiger partial charge in [-0.05, 0) is 33.0 Å². The van der Waals surface area contributed by atoms with Gasteiger partial charge in [0.1, 0.15) is 7.05 Å². The van der Waals surface area contributed by atoms with E-state index in [2.05, 4.69) is 11.9 Å². The van der Waals surface area contributed by atoms with Gasteiger partial charge in [-0.2, -0.15) is 0 Å². The average molecular weight is 193 g/mol. The SMILES string of the molecule is CN1CCCCC1.C[n+]1ccccc1. The zero-order chi connectivity index (χ0) is 10.2. The van der Waals surface area contributed by atoms with E-state index in [9.17, 15) is 0 Å². The van der Waals surface area contributed by atoms with Crippen molar-refractivity contribution in [2.45, 2.75) is 19.3 Å². The Labute approximate surface area is 87.2 Å². The van der Waals surface area contributed by atoms with E-state index in [1.54, 1.807) is 0 Å². The first-order valence-electron chi connectivity index (χ1n) is 5.38. The van der Waals surface area contributed by atoms with E-state index in [0.29, 0.717) is 0 Å². The minimum atomic E-state index is 1.32. The first-order valence-corrected chi connectivity index (χ1v) is 5.38. The Morgan fingerprint density at radius 3 is 1.79 bits per heavy atom. The molecule has 0 atom stereocenters. The fourth-order valence-corrected chi connectivity index (χ4v) is 1.54. The van der Waals surface area contributed by atoms with Crippen LogP contribution in [0, 0.1) is 0 Å². The molecule has 0 N–H and O–H groups in total. The van der Waals surface area contributed by atoms with Crippen LogP contribution in [0.15, 0.2) is 30.6 Å². The van der Waals surface area contributed by atoms with Crippen molar-refractivity contribution in [3.05, 3.63) is 30.6 Å². The quantitative estimate of drug-likeness (QED) is 0.568. The van der Waals surface area contributed by atoms with Gasteiger partial charge in [-0.25, -0.2) is 4.57 Å². The zero-order valence-corrected chi connectivity index (χ0v) is 9.32. The van der Waals surface area contributed by atoms with Crippen LogP contribution in [-0.4, -0.2) is 25.0 Å². The molecular weight excluding hydrogens is 172 g/mol. The molecular formula is C12H21N2+. The maximum absolute atomic E-state index is 2.39. The second-order valence-electron chi connectivity index (χ2n) is 3.90. The Balaban J connectivity index is 0.000000140. The van der Waals surface area contributed by atoms with E-state index in [4.69, 9.17) is 0 Å². The lowest BCUT2D eigenvalue weighted by Gasteiger charge is -2.20. The molecule has 1 aliphatic heterocycles. The Bertz CT molecular complexity index is 227. The van der Waals surface area contributed by atoms with Crippen molar-refractivity contribution in [2.24, 2.45) is 7.05 Å². The van der Waals surface area contributed by atoms with Gasteiger partial charge in [0, 0.05) is 12.1 Å². The van der Waals surface area contributed by atoms with E-state index in [1.165, 1.54) is 32.4 Å². The van der Waals surface area contributed by atoms with Gasteiger partial charge in [0.25, 0.3) is 0 Å². The maximum Gasteiger partial charge on any atom is 0.168 e. The summed E-state index contributed by atoms with van der Waals surface area (Å²) in [6, 6.07) is 6.00. The molecule has 0 saturated carbocycles. The van der Waals surface area contributed by atoms with E-state index < -0.39 is 0 Å². The summed E-state index contributed by atoms with van der Waals surface area (Å²) in [6.45, 7) is 2.64. The molecule has 0 spiro atoms. The number of hydrogen-bond donors (Lipinski definition) is 0. The third-order valence-corrected chi connectivity index (χ3v) is 2.44. The molecule has 0 radical (unpaired) electrons. The van der Waals surface area contributed by atoms with Gasteiger partial charge in [0.05, 0.1) is 0 Å². The first kappa shape index (κ1) is 11.2. The summed E-state index contributed by atoms with van der Waals surface area (Å²) < 4.78 is 2.00. The predicted octanol–water partition coefficient (Wildman–Crippen LogP) is 1.61. The molecule has 0 bridgehead atoms. The van der Waals surface area contributed by atoms with Crippen molar-refractivity contribution in [2.75, 3.05) is 20.1 Å². The van der Waals surface area contributed by atoms with Gasteiger partial charge >= 0.3 is 0 Å². The molecule has 1 aliphatic rings. The van der Waals surface area contributed by atoms with Crippen molar-refractivity contribution in [3.63, 3.8) is 0 Å². The summed E-state index contributed by atoms with van der Waals surface area (Å²) in [5.41, 5.74) is 0. The largest absolute Gasteiger partial charge is 0.306 e. The number of aryl methyl sites for hydroxylation is 1. The summed E-state index contributed by atoms with van der Waals surface area (Å²) >= 11 is 0. The fraction of sp³-hybridized carbons (Fsp3) is 0.583. The Morgan fingerprint density at radius 1 is 0.929 bits per heavy atom. The van der Waals surface area contributed by atoms with E-state index >= 15 is 0 Å². The molecule has 1 aromatic rings. The van der Waals surface area contributed by atoms with Crippen LogP contribution in [0.1, 0.15) is 19.3 Å². The minimum absolute atomic E-state index is 1.32. The van der Waals surface area contributed by atoms with Gasteiger partial charge in [-0.3, -0.25) is 0 Å². The Hall–Kier alpha value is -0.890. The summed E-state index contributed by atoms with van der Waals surface area (Å²) in [6.07, 6.45) is 8.28.